The van der Waals surface area contributed by atoms with Crippen LogP contribution in [-0.4, -0.2) is 76.2 Å². The van der Waals surface area contributed by atoms with Gasteiger partial charge in [-0.3, -0.25) is 24.2 Å². The lowest BCUT2D eigenvalue weighted by Gasteiger charge is -2.60. The molecule has 0 aliphatic heterocycles. The summed E-state index contributed by atoms with van der Waals surface area (Å²) in [7, 11) is -5.21. The molecule has 93 heavy (non-hydrogen) atoms. The van der Waals surface area contributed by atoms with Crippen LogP contribution in [0, 0.1) is 33.5 Å². The molecule has 18 heteroatoms. The van der Waals surface area contributed by atoms with Gasteiger partial charge in [0.15, 0.2) is 14.3 Å². The molecule has 0 spiro atoms. The number of thiophene rings is 1. The zero-order valence-electron chi connectivity index (χ0n) is 57.1. The van der Waals surface area contributed by atoms with E-state index in [0.717, 1.165) is 50.5 Å². The van der Waals surface area contributed by atoms with E-state index in [0.29, 0.717) is 43.8 Å². The molecule has 4 atom stereocenters. The van der Waals surface area contributed by atoms with Crippen LogP contribution >= 0.6 is 10.5 Å². The Kier molecular flexibility index (Phi) is 25.2. The number of ether oxygens (including phenoxy) is 4. The Morgan fingerprint density at radius 2 is 1.13 bits per heavy atom. The minimum absolute atomic E-state index is 0.00100. The number of carbonyl (C=O) groups is 4. The van der Waals surface area contributed by atoms with Crippen molar-refractivity contribution >= 4 is 64.6 Å². The SMILES string of the molecule is CCC(C)(C)C(=O)OC(C)(C)c1ccncc1.CCC(C)(C)C(=O)OC12CC3CC(C1)CC(C(=O)OC(CS(=O)(=O)[O-])C(F)(F)F)(C3)C2.CCC(C)c1ccc(O)cc1.CCC1(OC(=O)C(C)(C)CC)CCCC1.c1ccc(-[s+]2c3ccccc3c3ccccc32)cc1. The molecule has 5 aliphatic rings. The number of fused-ring (bicyclic) bond motifs is 3. The number of rotatable bonds is 18. The van der Waals surface area contributed by atoms with Crippen molar-refractivity contribution in [3.05, 3.63) is 139 Å². The number of alkyl halides is 3. The van der Waals surface area contributed by atoms with E-state index in [1.165, 1.54) is 43.5 Å². The van der Waals surface area contributed by atoms with E-state index < -0.39 is 67.5 Å². The quantitative estimate of drug-likeness (QED) is 0.0370. The molecule has 0 radical (unpaired) electrons. The number of benzene rings is 4. The van der Waals surface area contributed by atoms with E-state index in [4.69, 9.17) is 19.3 Å². The second-order valence-electron chi connectivity index (χ2n) is 28.5. The highest BCUT2D eigenvalue weighted by Crippen LogP contribution is 2.64. The van der Waals surface area contributed by atoms with E-state index in [1.54, 1.807) is 38.4 Å². The molecule has 5 saturated carbocycles. The number of hydrogen-bond donors (Lipinski definition) is 1. The van der Waals surface area contributed by atoms with Gasteiger partial charge in [0.25, 0.3) is 0 Å². The summed E-state index contributed by atoms with van der Waals surface area (Å²) in [5.74, 6) is -2.69. The zero-order valence-corrected chi connectivity index (χ0v) is 58.7. The normalized spacial score (nSPS) is 20.6. The van der Waals surface area contributed by atoms with Gasteiger partial charge in [0.1, 0.15) is 22.6 Å². The van der Waals surface area contributed by atoms with Gasteiger partial charge in [-0.2, -0.15) is 13.2 Å². The average Bonchev–Trinajstić information content (AvgIpc) is 1.28. The maximum Gasteiger partial charge on any atom is 0.426 e. The van der Waals surface area contributed by atoms with Crippen LogP contribution in [0.1, 0.15) is 210 Å². The highest BCUT2D eigenvalue weighted by Gasteiger charge is 2.64. The molecule has 4 bridgehead atoms. The van der Waals surface area contributed by atoms with Crippen LogP contribution < -0.4 is 0 Å². The molecule has 5 aliphatic carbocycles. The summed E-state index contributed by atoms with van der Waals surface area (Å²) in [5.41, 5.74) is -2.23. The third kappa shape index (κ3) is 19.6. The van der Waals surface area contributed by atoms with Crippen LogP contribution in [0.2, 0.25) is 0 Å². The lowest BCUT2D eigenvalue weighted by Crippen LogP contribution is -2.61. The number of phenolic OH excluding ortho intramolecular Hbond substituents is 1. The van der Waals surface area contributed by atoms with Crippen molar-refractivity contribution in [2.24, 2.45) is 33.5 Å². The van der Waals surface area contributed by atoms with Gasteiger partial charge in [-0.15, -0.1) is 0 Å². The molecular formula is C75H100F3NO12S2. The number of phenols is 1. The van der Waals surface area contributed by atoms with Crippen molar-refractivity contribution in [1.29, 1.82) is 0 Å². The number of nitrogens with zero attached hydrogens (tertiary/aromatic N) is 1. The molecule has 4 aromatic carbocycles. The largest absolute Gasteiger partial charge is 0.748 e. The molecule has 11 rings (SSSR count). The smallest absolute Gasteiger partial charge is 0.426 e. The van der Waals surface area contributed by atoms with Crippen LogP contribution in [0.5, 0.6) is 5.75 Å². The maximum absolute atomic E-state index is 13.3. The van der Waals surface area contributed by atoms with Crippen LogP contribution in [0.25, 0.3) is 25.1 Å². The Bertz CT molecular complexity index is 3490. The molecule has 13 nitrogen and oxygen atoms in total. The Hall–Kier alpha value is -6.37. The summed E-state index contributed by atoms with van der Waals surface area (Å²) in [5, 5.41) is 11.8. The lowest BCUT2D eigenvalue weighted by atomic mass is 9.48. The zero-order chi connectivity index (χ0) is 69.0. The summed E-state index contributed by atoms with van der Waals surface area (Å²) >= 11 is 0. The first-order valence-corrected chi connectivity index (χ1v) is 35.8. The Morgan fingerprint density at radius 3 is 1.59 bits per heavy atom. The number of aromatic nitrogens is 1. The molecule has 5 fully saturated rings. The second kappa shape index (κ2) is 31.0. The van der Waals surface area contributed by atoms with Gasteiger partial charge in [0.05, 0.1) is 37.5 Å². The molecule has 6 aromatic rings. The second-order valence-corrected chi connectivity index (χ2v) is 31.9. The standard InChI is InChI=1S/C20H29F3O7S.C18H13S.C14H21NO2.C13H24O2.C10H14O/c1-4-17(2,3)15(24)30-19-8-12-5-13(9-19)7-18(6-12,11-19)16(25)29-14(20(21,22)23)10-31(26,27)28;1-2-8-14(9-3-1)19-17-12-6-4-10-15(17)16-11-5-7-13-18(16)19;1-6-13(2,3)12(16)17-14(4,5)11-7-9-15-10-8-11;1-5-12(3,4)11(14)15-13(6-2)9-7-8-10-13;1-3-8(2)9-4-6-10(11)7-5-9/h12-14H,4-11H2,1-3H3,(H,26,27,28);1-13H;7-10H,6H2,1-5H3;5-10H2,1-4H3;4-8,11H,3H2,1-2H3/q;+1;;;/p-1. The van der Waals surface area contributed by atoms with Gasteiger partial charge in [-0.05, 0) is 235 Å². The maximum atomic E-state index is 13.3. The van der Waals surface area contributed by atoms with E-state index >= 15 is 0 Å². The van der Waals surface area contributed by atoms with Crippen molar-refractivity contribution in [3.8, 4) is 10.6 Å². The van der Waals surface area contributed by atoms with Crippen molar-refractivity contribution in [2.75, 3.05) is 5.75 Å². The molecular weight excluding hydrogens is 1230 g/mol. The van der Waals surface area contributed by atoms with Crippen LogP contribution in [0.15, 0.2) is 128 Å². The lowest BCUT2D eigenvalue weighted by molar-refractivity contribution is -0.239. The molecule has 0 saturated heterocycles. The summed E-state index contributed by atoms with van der Waals surface area (Å²) in [4.78, 5) is 55.1. The van der Waals surface area contributed by atoms with Gasteiger partial charge in [0.2, 0.25) is 6.10 Å². The van der Waals surface area contributed by atoms with Gasteiger partial charge in [0, 0.05) is 40.1 Å². The average molecular weight is 1330 g/mol. The summed E-state index contributed by atoms with van der Waals surface area (Å²) in [6, 6.07) is 39.6. The van der Waals surface area contributed by atoms with Crippen LogP contribution in [0.3, 0.4) is 0 Å². The van der Waals surface area contributed by atoms with Gasteiger partial charge >= 0.3 is 30.1 Å². The molecule has 4 unspecified atom stereocenters. The monoisotopic (exact) mass is 1330 g/mol. The van der Waals surface area contributed by atoms with Crippen molar-refractivity contribution in [2.45, 2.75) is 228 Å². The predicted molar refractivity (Wildman–Crippen MR) is 362 cm³/mol. The molecule has 2 heterocycles. The Morgan fingerprint density at radius 1 is 0.656 bits per heavy atom. The third-order valence-corrected chi connectivity index (χ3v) is 22.8. The first kappa shape index (κ1) is 75.7. The summed E-state index contributed by atoms with van der Waals surface area (Å²) < 4.78 is 97.3. The fourth-order valence-corrected chi connectivity index (χ4v) is 15.7. The van der Waals surface area contributed by atoms with Crippen molar-refractivity contribution < 1.29 is 69.4 Å². The highest BCUT2D eigenvalue weighted by molar-refractivity contribution is 7.85. The number of esters is 4. The minimum Gasteiger partial charge on any atom is -0.748 e. The minimum atomic E-state index is -5.27. The van der Waals surface area contributed by atoms with E-state index in [-0.39, 0.29) is 51.7 Å². The Labute approximate surface area is 553 Å². The van der Waals surface area contributed by atoms with Crippen molar-refractivity contribution in [3.63, 3.8) is 0 Å². The number of halogens is 3. The molecule has 1 N–H and O–H groups in total. The molecule has 510 valence electrons. The van der Waals surface area contributed by atoms with Gasteiger partial charge < -0.3 is 28.6 Å². The van der Waals surface area contributed by atoms with E-state index in [1.807, 2.05) is 86.6 Å². The number of pyridine rings is 1. The fraction of sp³-hybridized carbons (Fsp3) is 0.560. The molecule has 0 amide bonds. The highest BCUT2D eigenvalue weighted by atomic mass is 32.2. The van der Waals surface area contributed by atoms with Crippen molar-refractivity contribution in [1.82, 2.24) is 4.98 Å². The van der Waals surface area contributed by atoms with Gasteiger partial charge in [-0.25, -0.2) is 8.42 Å². The van der Waals surface area contributed by atoms with E-state index in [9.17, 15) is 45.3 Å². The Balaban J connectivity index is 0.000000193. The van der Waals surface area contributed by atoms with E-state index in [2.05, 4.69) is 109 Å². The first-order chi connectivity index (χ1) is 43.4. The summed E-state index contributed by atoms with van der Waals surface area (Å²) in [6.07, 6.45) is 6.47. The predicted octanol–water partition coefficient (Wildman–Crippen LogP) is 18.9. The summed E-state index contributed by atoms with van der Waals surface area (Å²) in [6.45, 7) is 27.4. The van der Waals surface area contributed by atoms with Crippen LogP contribution in [-0.2, 0) is 53.8 Å². The third-order valence-electron chi connectivity index (χ3n) is 19.8. The van der Waals surface area contributed by atoms with Gasteiger partial charge in [-0.1, -0.05) is 96.1 Å². The number of hydrogen-bond acceptors (Lipinski definition) is 13. The number of carbonyl (C=O) groups excluding carboxylic acids is 4. The molecule has 2 aromatic heterocycles. The fourth-order valence-electron chi connectivity index (χ4n) is 12.7. The topological polar surface area (TPSA) is 196 Å². The van der Waals surface area contributed by atoms with Crippen LogP contribution in [0.4, 0.5) is 13.2 Å². The number of aromatic hydroxyl groups is 1. The first-order valence-electron chi connectivity index (χ1n) is 33.0.